The van der Waals surface area contributed by atoms with E-state index in [1.165, 1.54) is 24.3 Å². The van der Waals surface area contributed by atoms with Crippen LogP contribution < -0.4 is 0 Å². The van der Waals surface area contributed by atoms with Gasteiger partial charge in [0.05, 0.1) is 5.56 Å². The topological polar surface area (TPSA) is 0 Å². The predicted octanol–water partition coefficient (Wildman–Crippen LogP) is 7.10. The summed E-state index contributed by atoms with van der Waals surface area (Å²) >= 11 is 0. The molecule has 0 N–H and O–H groups in total. The second-order valence-electron chi connectivity index (χ2n) is 6.15. The highest BCUT2D eigenvalue weighted by atomic mass is 19.4. The summed E-state index contributed by atoms with van der Waals surface area (Å²) in [4.78, 5) is 0. The van der Waals surface area contributed by atoms with Gasteiger partial charge in [0.25, 0.3) is 0 Å². The van der Waals surface area contributed by atoms with Gasteiger partial charge in [-0.2, -0.15) is 13.2 Å². The number of alkyl halides is 3. The molecule has 0 saturated carbocycles. The molecule has 0 atom stereocenters. The summed E-state index contributed by atoms with van der Waals surface area (Å²) in [6, 6.07) is 13.3. The van der Waals surface area contributed by atoms with Gasteiger partial charge in [-0.25, -0.2) is 13.2 Å². The molecule has 0 saturated heterocycles. The SMILES string of the molecule is Fc1cc(-c2ccc3c(ccc4c(C(F)(F)F)cccc43)c2)cc(F)c1F. The van der Waals surface area contributed by atoms with Crippen LogP contribution in [0.5, 0.6) is 0 Å². The van der Waals surface area contributed by atoms with E-state index in [1.807, 2.05) is 0 Å². The molecular weight excluding hydrogens is 366 g/mol. The van der Waals surface area contributed by atoms with Gasteiger partial charge in [0.1, 0.15) is 0 Å². The molecule has 0 spiro atoms. The van der Waals surface area contributed by atoms with Gasteiger partial charge in [0.15, 0.2) is 17.5 Å². The normalized spacial score (nSPS) is 12.1. The minimum Gasteiger partial charge on any atom is -0.204 e. The summed E-state index contributed by atoms with van der Waals surface area (Å²) < 4.78 is 79.7. The Morgan fingerprint density at radius 3 is 1.93 bits per heavy atom. The fraction of sp³-hybridized carbons (Fsp3) is 0.0476. The quantitative estimate of drug-likeness (QED) is 0.189. The Kier molecular flexibility index (Phi) is 3.87. The average Bonchev–Trinajstić information content (AvgIpc) is 2.63. The highest BCUT2D eigenvalue weighted by Gasteiger charge is 2.32. The van der Waals surface area contributed by atoms with Gasteiger partial charge in [-0.1, -0.05) is 36.4 Å². The van der Waals surface area contributed by atoms with Crippen LogP contribution >= 0.6 is 0 Å². The van der Waals surface area contributed by atoms with Crippen molar-refractivity contribution in [1.82, 2.24) is 0 Å². The summed E-state index contributed by atoms with van der Waals surface area (Å²) in [5, 5.41) is 1.67. The lowest BCUT2D eigenvalue weighted by Crippen LogP contribution is -2.05. The molecule has 136 valence electrons. The fourth-order valence-corrected chi connectivity index (χ4v) is 3.25. The molecule has 6 heteroatoms. The first-order valence-corrected chi connectivity index (χ1v) is 7.93. The molecule has 4 aromatic rings. The molecule has 0 aliphatic rings. The van der Waals surface area contributed by atoms with Gasteiger partial charge >= 0.3 is 6.18 Å². The van der Waals surface area contributed by atoms with Gasteiger partial charge in [-0.3, -0.25) is 0 Å². The van der Waals surface area contributed by atoms with E-state index >= 15 is 0 Å². The molecule has 0 amide bonds. The van der Waals surface area contributed by atoms with Crippen LogP contribution in [-0.2, 0) is 6.18 Å². The van der Waals surface area contributed by atoms with Gasteiger partial charge in [-0.05, 0) is 56.9 Å². The van der Waals surface area contributed by atoms with Crippen LogP contribution in [0.1, 0.15) is 5.56 Å². The van der Waals surface area contributed by atoms with Gasteiger partial charge in [0.2, 0.25) is 0 Å². The summed E-state index contributed by atoms with van der Waals surface area (Å²) in [6.45, 7) is 0. The molecule has 4 rings (SSSR count). The van der Waals surface area contributed by atoms with Crippen molar-refractivity contribution in [1.29, 1.82) is 0 Å². The van der Waals surface area contributed by atoms with E-state index in [-0.39, 0.29) is 10.9 Å². The largest absolute Gasteiger partial charge is 0.417 e. The lowest BCUT2D eigenvalue weighted by molar-refractivity contribution is -0.136. The van der Waals surface area contributed by atoms with Crippen LogP contribution in [0.2, 0.25) is 0 Å². The van der Waals surface area contributed by atoms with Crippen LogP contribution in [0.3, 0.4) is 0 Å². The first kappa shape index (κ1) is 17.4. The third kappa shape index (κ3) is 2.91. The average molecular weight is 376 g/mol. The zero-order valence-corrected chi connectivity index (χ0v) is 13.5. The van der Waals surface area contributed by atoms with Crippen LogP contribution in [0.4, 0.5) is 26.3 Å². The summed E-state index contributed by atoms with van der Waals surface area (Å²) in [6.07, 6.45) is -4.48. The zero-order chi connectivity index (χ0) is 19.3. The summed E-state index contributed by atoms with van der Waals surface area (Å²) in [7, 11) is 0. The molecule has 0 fully saturated rings. The van der Waals surface area contributed by atoms with E-state index in [4.69, 9.17) is 0 Å². The molecular formula is C21H10F6. The van der Waals surface area contributed by atoms with Crippen molar-refractivity contribution in [2.45, 2.75) is 6.18 Å². The second-order valence-corrected chi connectivity index (χ2v) is 6.15. The molecule has 0 radical (unpaired) electrons. The molecule has 0 unspecified atom stereocenters. The Balaban J connectivity index is 1.93. The van der Waals surface area contributed by atoms with E-state index in [0.29, 0.717) is 21.7 Å². The lowest BCUT2D eigenvalue weighted by Gasteiger charge is -2.13. The van der Waals surface area contributed by atoms with Crippen LogP contribution in [0, 0.1) is 17.5 Å². The van der Waals surface area contributed by atoms with Crippen LogP contribution in [0.25, 0.3) is 32.7 Å². The van der Waals surface area contributed by atoms with Crippen molar-refractivity contribution in [3.05, 3.63) is 83.7 Å². The smallest absolute Gasteiger partial charge is 0.204 e. The zero-order valence-electron chi connectivity index (χ0n) is 13.5. The minimum absolute atomic E-state index is 0.0733. The first-order chi connectivity index (χ1) is 12.8. The van der Waals surface area contributed by atoms with E-state index < -0.39 is 29.2 Å². The molecule has 0 bridgehead atoms. The highest BCUT2D eigenvalue weighted by molar-refractivity contribution is 6.09. The number of benzene rings is 4. The molecule has 0 heterocycles. The van der Waals surface area contributed by atoms with Crippen molar-refractivity contribution in [2.75, 3.05) is 0 Å². The summed E-state index contributed by atoms with van der Waals surface area (Å²) in [5.41, 5.74) is -0.169. The standard InChI is InChI=1S/C21H10F6/c22-18-9-13(10-19(23)20(18)24)11-4-6-14-12(8-11)5-7-16-15(14)2-1-3-17(16)21(25,26)27/h1-10H. The number of fused-ring (bicyclic) bond motifs is 3. The van der Waals surface area contributed by atoms with E-state index in [9.17, 15) is 26.3 Å². The van der Waals surface area contributed by atoms with Crippen molar-refractivity contribution < 1.29 is 26.3 Å². The van der Waals surface area contributed by atoms with E-state index in [1.54, 1.807) is 18.2 Å². The van der Waals surface area contributed by atoms with Crippen molar-refractivity contribution in [2.24, 2.45) is 0 Å². The third-order valence-corrected chi connectivity index (χ3v) is 4.50. The van der Waals surface area contributed by atoms with Crippen LogP contribution in [-0.4, -0.2) is 0 Å². The minimum atomic E-state index is -4.48. The summed E-state index contributed by atoms with van der Waals surface area (Å²) in [5.74, 6) is -4.16. The number of hydrogen-bond donors (Lipinski definition) is 0. The van der Waals surface area contributed by atoms with Crippen LogP contribution in [0.15, 0.2) is 60.7 Å². The Labute approximate surface area is 149 Å². The maximum Gasteiger partial charge on any atom is 0.417 e. The Bertz CT molecular complexity index is 1170. The number of rotatable bonds is 1. The third-order valence-electron chi connectivity index (χ3n) is 4.50. The second kappa shape index (κ2) is 6.01. The Hall–Kier alpha value is -3.02. The molecule has 0 aliphatic carbocycles. The van der Waals surface area contributed by atoms with E-state index in [0.717, 1.165) is 18.2 Å². The van der Waals surface area contributed by atoms with Gasteiger partial charge in [0, 0.05) is 0 Å². The Morgan fingerprint density at radius 2 is 1.26 bits per heavy atom. The number of hydrogen-bond acceptors (Lipinski definition) is 0. The maximum atomic E-state index is 13.5. The monoisotopic (exact) mass is 376 g/mol. The van der Waals surface area contributed by atoms with Gasteiger partial charge in [-0.15, -0.1) is 0 Å². The maximum absolute atomic E-state index is 13.5. The molecule has 0 aliphatic heterocycles. The molecule has 27 heavy (non-hydrogen) atoms. The predicted molar refractivity (Wildman–Crippen MR) is 91.8 cm³/mol. The van der Waals surface area contributed by atoms with Crippen molar-refractivity contribution in [3.63, 3.8) is 0 Å². The fourth-order valence-electron chi connectivity index (χ4n) is 3.25. The highest BCUT2D eigenvalue weighted by Crippen LogP contribution is 2.38. The molecule has 0 nitrogen and oxygen atoms in total. The number of halogens is 6. The van der Waals surface area contributed by atoms with Crippen molar-refractivity contribution in [3.8, 4) is 11.1 Å². The lowest BCUT2D eigenvalue weighted by atomic mass is 9.95. The Morgan fingerprint density at radius 1 is 0.593 bits per heavy atom. The molecule has 4 aromatic carbocycles. The van der Waals surface area contributed by atoms with Crippen molar-refractivity contribution >= 4 is 21.5 Å². The van der Waals surface area contributed by atoms with Gasteiger partial charge < -0.3 is 0 Å². The van der Waals surface area contributed by atoms with E-state index in [2.05, 4.69) is 0 Å². The molecule has 0 aromatic heterocycles. The first-order valence-electron chi connectivity index (χ1n) is 7.93.